The first-order valence-electron chi connectivity index (χ1n) is 12.4. The van der Waals surface area contributed by atoms with Crippen LogP contribution in [0.4, 0.5) is 5.00 Å². The fraction of sp³-hybridized carbons (Fsp3) is 0.379. The molecular formula is C29H33ClINO2S. The van der Waals surface area contributed by atoms with Crippen LogP contribution in [0, 0.1) is 0 Å². The molecule has 0 fully saturated rings. The minimum absolute atomic E-state index is 0.117. The average Bonchev–Trinajstić information content (AvgIpc) is 3.27. The van der Waals surface area contributed by atoms with Crippen molar-refractivity contribution in [1.29, 1.82) is 0 Å². The number of unbranched alkanes of at least 4 members (excludes halogenated alkanes) is 5. The molecule has 1 N–H and O–H groups in total. The number of carbonyl (C=O) groups is 2. The first-order valence-corrected chi connectivity index (χ1v) is 15.1. The van der Waals surface area contributed by atoms with Crippen LogP contribution >= 0.6 is 45.5 Å². The molecule has 35 heavy (non-hydrogen) atoms. The number of rotatable bonds is 14. The number of hydrogen-bond donors (Lipinski definition) is 1. The van der Waals surface area contributed by atoms with Crippen LogP contribution in [-0.4, -0.2) is 16.1 Å². The lowest BCUT2D eigenvalue weighted by Gasteiger charge is -2.05. The van der Waals surface area contributed by atoms with Gasteiger partial charge in [-0.2, -0.15) is 0 Å². The topological polar surface area (TPSA) is 46.2 Å². The highest BCUT2D eigenvalue weighted by molar-refractivity contribution is 14.1. The predicted molar refractivity (Wildman–Crippen MR) is 158 cm³/mol. The van der Waals surface area contributed by atoms with E-state index in [1.54, 1.807) is 24.3 Å². The smallest absolute Gasteiger partial charge is 0.234 e. The quantitative estimate of drug-likeness (QED) is 0.0847. The third-order valence-corrected chi connectivity index (χ3v) is 8.16. The van der Waals surface area contributed by atoms with E-state index in [0.717, 1.165) is 24.1 Å². The number of benzene rings is 2. The molecule has 1 aromatic heterocycles. The van der Waals surface area contributed by atoms with Gasteiger partial charge in [-0.15, -0.1) is 11.3 Å². The van der Waals surface area contributed by atoms with Crippen molar-refractivity contribution < 1.29 is 9.59 Å². The zero-order valence-electron chi connectivity index (χ0n) is 20.2. The van der Waals surface area contributed by atoms with E-state index in [9.17, 15) is 9.59 Å². The highest BCUT2D eigenvalue weighted by Crippen LogP contribution is 2.32. The van der Waals surface area contributed by atoms with Gasteiger partial charge in [0, 0.05) is 10.4 Å². The number of halogens is 2. The second kappa shape index (κ2) is 14.8. The number of thiophene rings is 1. The Labute approximate surface area is 231 Å². The number of ketones is 1. The van der Waals surface area contributed by atoms with Gasteiger partial charge in [0.05, 0.1) is 15.0 Å². The number of aryl methyl sites for hydroxylation is 3. The second-order valence-electron chi connectivity index (χ2n) is 8.78. The molecule has 0 spiro atoms. The van der Waals surface area contributed by atoms with Gasteiger partial charge in [-0.1, -0.05) is 110 Å². The number of hydrogen-bond acceptors (Lipinski definition) is 3. The molecule has 3 nitrogen and oxygen atoms in total. The van der Waals surface area contributed by atoms with Crippen molar-refractivity contribution in [1.82, 2.24) is 0 Å². The molecular weight excluding hydrogens is 589 g/mol. The summed E-state index contributed by atoms with van der Waals surface area (Å²) in [5.74, 6) is -0.283. The normalized spacial score (nSPS) is 10.9. The van der Waals surface area contributed by atoms with Gasteiger partial charge in [0.1, 0.15) is 5.00 Å². The van der Waals surface area contributed by atoms with Gasteiger partial charge in [-0.05, 0) is 55.0 Å². The lowest BCUT2D eigenvalue weighted by atomic mass is 10.0. The van der Waals surface area contributed by atoms with Crippen LogP contribution in [0.25, 0.3) is 0 Å². The summed E-state index contributed by atoms with van der Waals surface area (Å²) >= 11 is 9.77. The summed E-state index contributed by atoms with van der Waals surface area (Å²) in [7, 11) is 0. The molecule has 2 aromatic carbocycles. The molecule has 1 heterocycles. The summed E-state index contributed by atoms with van der Waals surface area (Å²) in [4.78, 5) is 26.4. The van der Waals surface area contributed by atoms with Gasteiger partial charge in [0.25, 0.3) is 0 Å². The van der Waals surface area contributed by atoms with Crippen molar-refractivity contribution in [2.45, 2.75) is 64.7 Å². The summed E-state index contributed by atoms with van der Waals surface area (Å²) in [6.45, 7) is 2.25. The largest absolute Gasteiger partial charge is 0.316 e. The Hall–Kier alpha value is -1.70. The minimum atomic E-state index is -0.166. The van der Waals surface area contributed by atoms with Crippen LogP contribution in [0.1, 0.15) is 77.4 Å². The fourth-order valence-corrected chi connectivity index (χ4v) is 5.51. The Morgan fingerprint density at radius 1 is 0.857 bits per heavy atom. The summed E-state index contributed by atoms with van der Waals surface area (Å²) in [5.41, 5.74) is 3.63. The molecule has 1 amide bonds. The minimum Gasteiger partial charge on any atom is -0.316 e. The van der Waals surface area contributed by atoms with Gasteiger partial charge < -0.3 is 5.32 Å². The van der Waals surface area contributed by atoms with Gasteiger partial charge >= 0.3 is 0 Å². The maximum Gasteiger partial charge on any atom is 0.234 e. The van der Waals surface area contributed by atoms with E-state index in [4.69, 9.17) is 11.6 Å². The number of alkyl halides is 1. The van der Waals surface area contributed by atoms with Crippen LogP contribution in [0.2, 0.25) is 5.02 Å². The molecule has 0 bridgehead atoms. The van der Waals surface area contributed by atoms with E-state index < -0.39 is 0 Å². The molecule has 0 saturated heterocycles. The summed E-state index contributed by atoms with van der Waals surface area (Å²) in [5, 5.41) is 3.91. The number of carbonyl (C=O) groups excluding carboxylic acids is 2. The van der Waals surface area contributed by atoms with Crippen LogP contribution in [-0.2, 0) is 24.1 Å². The number of anilines is 1. The lowest BCUT2D eigenvalue weighted by Crippen LogP contribution is -2.14. The third-order valence-electron chi connectivity index (χ3n) is 6.02. The molecule has 0 aliphatic carbocycles. The van der Waals surface area contributed by atoms with Gasteiger partial charge in [0.15, 0.2) is 5.78 Å². The monoisotopic (exact) mass is 621 g/mol. The molecule has 0 saturated carbocycles. The highest BCUT2D eigenvalue weighted by Gasteiger charge is 2.21. The second-order valence-corrected chi connectivity index (χ2v) is 11.1. The molecule has 3 rings (SSSR count). The zero-order chi connectivity index (χ0) is 25.0. The first kappa shape index (κ1) is 27.9. The maximum atomic E-state index is 13.2. The Bertz CT molecular complexity index is 1110. The lowest BCUT2D eigenvalue weighted by molar-refractivity contribution is -0.113. The summed E-state index contributed by atoms with van der Waals surface area (Å²) < 4.78 is 0.329. The molecule has 0 aliphatic heterocycles. The van der Waals surface area contributed by atoms with Crippen molar-refractivity contribution in [2.24, 2.45) is 0 Å². The third kappa shape index (κ3) is 8.72. The maximum absolute atomic E-state index is 13.2. The van der Waals surface area contributed by atoms with E-state index in [1.807, 2.05) is 28.7 Å². The SMILES string of the molecule is CCCCCCCCc1ccc(CCc2cc(C(=O)c3ccccc3Cl)c(NC(=O)CI)s2)cc1. The van der Waals surface area contributed by atoms with Gasteiger partial charge in [-0.3, -0.25) is 9.59 Å². The standard InChI is InChI=1S/C29H33ClINO2S/c1-2-3-4-5-6-7-10-21-13-15-22(16-14-21)17-18-23-19-25(29(35-23)32-27(33)20-31)28(34)24-11-8-9-12-26(24)30/h8-9,11-16,19H,2-7,10,17-18,20H2,1H3,(H,32,33). The fourth-order valence-electron chi connectivity index (χ4n) is 4.03. The molecule has 3 aromatic rings. The summed E-state index contributed by atoms with van der Waals surface area (Å²) in [6.07, 6.45) is 10.7. The van der Waals surface area contributed by atoms with Crippen LogP contribution < -0.4 is 5.32 Å². The van der Waals surface area contributed by atoms with E-state index in [-0.39, 0.29) is 11.7 Å². The van der Waals surface area contributed by atoms with Crippen molar-refractivity contribution >= 4 is 62.2 Å². The van der Waals surface area contributed by atoms with Crippen molar-refractivity contribution in [3.05, 3.63) is 86.8 Å². The van der Waals surface area contributed by atoms with E-state index in [0.29, 0.717) is 25.6 Å². The highest BCUT2D eigenvalue weighted by atomic mass is 127. The molecule has 0 radical (unpaired) electrons. The molecule has 6 heteroatoms. The zero-order valence-corrected chi connectivity index (χ0v) is 24.0. The molecule has 186 valence electrons. The Kier molecular flexibility index (Phi) is 11.8. The number of nitrogens with one attached hydrogen (secondary N) is 1. The first-order chi connectivity index (χ1) is 17.0. The Morgan fingerprint density at radius 2 is 1.51 bits per heavy atom. The van der Waals surface area contributed by atoms with Crippen LogP contribution in [0.15, 0.2) is 54.6 Å². The number of amides is 1. The molecule has 0 atom stereocenters. The van der Waals surface area contributed by atoms with Crippen LogP contribution in [0.3, 0.4) is 0 Å². The predicted octanol–water partition coefficient (Wildman–Crippen LogP) is 8.69. The Balaban J connectivity index is 1.62. The van der Waals surface area contributed by atoms with E-state index >= 15 is 0 Å². The van der Waals surface area contributed by atoms with Crippen molar-refractivity contribution in [3.63, 3.8) is 0 Å². The van der Waals surface area contributed by atoms with Crippen molar-refractivity contribution in [2.75, 3.05) is 9.74 Å². The molecule has 0 aliphatic rings. The van der Waals surface area contributed by atoms with E-state index in [2.05, 4.69) is 36.5 Å². The molecule has 0 unspecified atom stereocenters. The van der Waals surface area contributed by atoms with Gasteiger partial charge in [0.2, 0.25) is 5.91 Å². The average molecular weight is 622 g/mol. The Morgan fingerprint density at radius 3 is 2.20 bits per heavy atom. The van der Waals surface area contributed by atoms with Crippen LogP contribution in [0.5, 0.6) is 0 Å². The summed E-state index contributed by atoms with van der Waals surface area (Å²) in [6, 6.07) is 17.9. The van der Waals surface area contributed by atoms with E-state index in [1.165, 1.54) is 61.0 Å². The van der Waals surface area contributed by atoms with Crippen molar-refractivity contribution in [3.8, 4) is 0 Å². The van der Waals surface area contributed by atoms with Gasteiger partial charge in [-0.25, -0.2) is 0 Å².